The summed E-state index contributed by atoms with van der Waals surface area (Å²) < 4.78 is 16.5. The van der Waals surface area contributed by atoms with Crippen LogP contribution in [0.15, 0.2) is 35.3 Å². The van der Waals surface area contributed by atoms with Crippen molar-refractivity contribution in [3.05, 3.63) is 63.6 Å². The van der Waals surface area contributed by atoms with Crippen LogP contribution >= 0.6 is 0 Å². The van der Waals surface area contributed by atoms with Crippen molar-refractivity contribution in [1.82, 2.24) is 19.7 Å². The molecule has 0 saturated heterocycles. The second kappa shape index (κ2) is 8.65. The van der Waals surface area contributed by atoms with Gasteiger partial charge in [0.15, 0.2) is 0 Å². The van der Waals surface area contributed by atoms with Gasteiger partial charge < -0.3 is 9.88 Å². The third-order valence-electron chi connectivity index (χ3n) is 6.61. The molecule has 2 atom stereocenters. The van der Waals surface area contributed by atoms with Crippen molar-refractivity contribution in [3.63, 3.8) is 0 Å². The molecule has 4 rings (SSSR count). The number of carbonyl (C=O) groups excluding carboxylic acids is 1. The van der Waals surface area contributed by atoms with E-state index in [-0.39, 0.29) is 29.9 Å². The summed E-state index contributed by atoms with van der Waals surface area (Å²) in [6, 6.07) is 6.52. The predicted octanol–water partition coefficient (Wildman–Crippen LogP) is 3.70. The van der Waals surface area contributed by atoms with E-state index < -0.39 is 0 Å². The quantitative estimate of drug-likeness (QED) is 0.679. The van der Waals surface area contributed by atoms with Crippen LogP contribution in [0.3, 0.4) is 0 Å². The van der Waals surface area contributed by atoms with Crippen molar-refractivity contribution in [2.45, 2.75) is 65.6 Å². The molecule has 0 spiro atoms. The average Bonchev–Trinajstić information content (AvgIpc) is 2.98. The fourth-order valence-corrected chi connectivity index (χ4v) is 4.69. The Morgan fingerprint density at radius 1 is 1.16 bits per heavy atom. The van der Waals surface area contributed by atoms with Crippen molar-refractivity contribution in [2.24, 2.45) is 5.92 Å². The molecule has 1 aliphatic rings. The maximum Gasteiger partial charge on any atom is 0.276 e. The molecule has 0 bridgehead atoms. The highest BCUT2D eigenvalue weighted by Gasteiger charge is 2.23. The standard InChI is InChI=1S/C24H29FN4O2/c1-15-6-4-5-7-21(15)27-22(30)14-29-24(31)23-17(3)28(16(2)20(23)12-26-29)13-18-8-10-19(25)11-9-18/h8-12,15,21H,4-7,13-14H2,1-3H3,(H,27,30)/t15-,21-/m1/s1. The molecule has 1 aromatic carbocycles. The molecule has 1 aliphatic carbocycles. The average molecular weight is 425 g/mol. The van der Waals surface area contributed by atoms with Gasteiger partial charge in [-0.1, -0.05) is 31.9 Å². The molecule has 0 unspecified atom stereocenters. The highest BCUT2D eigenvalue weighted by atomic mass is 19.1. The molecule has 31 heavy (non-hydrogen) atoms. The van der Waals surface area contributed by atoms with Crippen LogP contribution in [0.2, 0.25) is 0 Å². The number of amides is 1. The minimum atomic E-state index is -0.275. The molecular formula is C24H29FN4O2. The largest absolute Gasteiger partial charge is 0.351 e. The van der Waals surface area contributed by atoms with E-state index in [4.69, 9.17) is 0 Å². The molecule has 1 amide bonds. The minimum absolute atomic E-state index is 0.0837. The van der Waals surface area contributed by atoms with Crippen LogP contribution in [-0.4, -0.2) is 26.3 Å². The highest BCUT2D eigenvalue weighted by Crippen LogP contribution is 2.24. The van der Waals surface area contributed by atoms with E-state index in [1.807, 2.05) is 18.4 Å². The topological polar surface area (TPSA) is 68.9 Å². The van der Waals surface area contributed by atoms with Gasteiger partial charge in [0, 0.05) is 29.4 Å². The lowest BCUT2D eigenvalue weighted by Crippen LogP contribution is -2.43. The van der Waals surface area contributed by atoms with E-state index in [9.17, 15) is 14.0 Å². The summed E-state index contributed by atoms with van der Waals surface area (Å²) in [5.74, 6) is 0.00548. The second-order valence-corrected chi connectivity index (χ2v) is 8.72. The first-order valence-corrected chi connectivity index (χ1v) is 10.9. The number of aromatic nitrogens is 3. The monoisotopic (exact) mass is 424 g/mol. The molecule has 1 N–H and O–H groups in total. The second-order valence-electron chi connectivity index (χ2n) is 8.72. The molecule has 1 fully saturated rings. The Labute approximate surface area is 181 Å². The van der Waals surface area contributed by atoms with Crippen LogP contribution in [-0.2, 0) is 17.9 Å². The highest BCUT2D eigenvalue weighted by molar-refractivity contribution is 5.87. The number of fused-ring (bicyclic) bond motifs is 1. The Morgan fingerprint density at radius 3 is 2.58 bits per heavy atom. The van der Waals surface area contributed by atoms with E-state index in [0.29, 0.717) is 17.8 Å². The maximum atomic E-state index is 13.2. The summed E-state index contributed by atoms with van der Waals surface area (Å²) in [7, 11) is 0. The molecule has 2 heterocycles. The fraction of sp³-hybridized carbons (Fsp3) is 0.458. The van der Waals surface area contributed by atoms with Crippen LogP contribution in [0, 0.1) is 25.6 Å². The number of hydrogen-bond acceptors (Lipinski definition) is 3. The van der Waals surface area contributed by atoms with Gasteiger partial charge in [0.25, 0.3) is 5.56 Å². The number of hydrogen-bond donors (Lipinski definition) is 1. The van der Waals surface area contributed by atoms with Gasteiger partial charge >= 0.3 is 0 Å². The molecule has 0 aliphatic heterocycles. The number of rotatable bonds is 5. The summed E-state index contributed by atoms with van der Waals surface area (Å²) in [6.45, 7) is 6.46. The SMILES string of the molecule is Cc1c2cnn(CC(=O)N[C@@H]3CCCC[C@H]3C)c(=O)c2c(C)n1Cc1ccc(F)cc1. The van der Waals surface area contributed by atoms with Crippen LogP contribution in [0.1, 0.15) is 49.6 Å². The van der Waals surface area contributed by atoms with Crippen LogP contribution in [0.4, 0.5) is 4.39 Å². The van der Waals surface area contributed by atoms with Gasteiger partial charge in [-0.15, -0.1) is 0 Å². The van der Waals surface area contributed by atoms with Crippen LogP contribution in [0.5, 0.6) is 0 Å². The van der Waals surface area contributed by atoms with Gasteiger partial charge in [0.2, 0.25) is 5.91 Å². The summed E-state index contributed by atoms with van der Waals surface area (Å²) in [5, 5.41) is 8.72. The zero-order valence-electron chi connectivity index (χ0n) is 18.3. The predicted molar refractivity (Wildman–Crippen MR) is 119 cm³/mol. The number of nitrogens with zero attached hydrogens (tertiary/aromatic N) is 3. The summed E-state index contributed by atoms with van der Waals surface area (Å²) >= 11 is 0. The molecule has 0 radical (unpaired) electrons. The van der Waals surface area contributed by atoms with E-state index in [2.05, 4.69) is 17.3 Å². The number of nitrogens with one attached hydrogen (secondary N) is 1. The number of aryl methyl sites for hydroxylation is 2. The zero-order chi connectivity index (χ0) is 22.1. The summed E-state index contributed by atoms with van der Waals surface area (Å²) in [5.41, 5.74) is 2.43. The number of halogens is 1. The third kappa shape index (κ3) is 4.27. The Morgan fingerprint density at radius 2 is 1.87 bits per heavy atom. The maximum absolute atomic E-state index is 13.2. The van der Waals surface area contributed by atoms with Crippen molar-refractivity contribution in [3.8, 4) is 0 Å². The summed E-state index contributed by atoms with van der Waals surface area (Å²) in [6.07, 6.45) is 6.10. The first-order chi connectivity index (χ1) is 14.8. The van der Waals surface area contributed by atoms with E-state index >= 15 is 0 Å². The molecule has 6 nitrogen and oxygen atoms in total. The minimum Gasteiger partial charge on any atom is -0.351 e. The lowest BCUT2D eigenvalue weighted by molar-refractivity contribution is -0.123. The molecule has 7 heteroatoms. The van der Waals surface area contributed by atoms with Crippen molar-refractivity contribution in [2.75, 3.05) is 0 Å². The smallest absolute Gasteiger partial charge is 0.276 e. The van der Waals surface area contributed by atoms with Crippen molar-refractivity contribution in [1.29, 1.82) is 0 Å². The van der Waals surface area contributed by atoms with Crippen molar-refractivity contribution >= 4 is 16.7 Å². The number of benzene rings is 1. The van der Waals surface area contributed by atoms with E-state index in [0.717, 1.165) is 41.6 Å². The molecule has 164 valence electrons. The fourth-order valence-electron chi connectivity index (χ4n) is 4.69. The van der Waals surface area contributed by atoms with Crippen LogP contribution in [0.25, 0.3) is 10.8 Å². The molecular weight excluding hydrogens is 395 g/mol. The molecule has 2 aromatic heterocycles. The molecule has 3 aromatic rings. The normalized spacial score (nSPS) is 19.0. The summed E-state index contributed by atoms with van der Waals surface area (Å²) in [4.78, 5) is 25.8. The van der Waals surface area contributed by atoms with Gasteiger partial charge in [-0.05, 0) is 50.3 Å². The van der Waals surface area contributed by atoms with E-state index in [1.54, 1.807) is 18.3 Å². The number of carbonyl (C=O) groups is 1. The zero-order valence-corrected chi connectivity index (χ0v) is 18.3. The Kier molecular flexibility index (Phi) is 5.94. The lowest BCUT2D eigenvalue weighted by Gasteiger charge is -2.29. The van der Waals surface area contributed by atoms with Gasteiger partial charge in [-0.2, -0.15) is 5.10 Å². The lowest BCUT2D eigenvalue weighted by atomic mass is 9.86. The van der Waals surface area contributed by atoms with Gasteiger partial charge in [0.05, 0.1) is 11.6 Å². The van der Waals surface area contributed by atoms with Gasteiger partial charge in [0.1, 0.15) is 12.4 Å². The first-order valence-electron chi connectivity index (χ1n) is 10.9. The first kappa shape index (κ1) is 21.3. The van der Waals surface area contributed by atoms with Gasteiger partial charge in [-0.3, -0.25) is 9.59 Å². The Balaban J connectivity index is 1.59. The van der Waals surface area contributed by atoms with Crippen LogP contribution < -0.4 is 10.9 Å². The Hall–Kier alpha value is -2.96. The van der Waals surface area contributed by atoms with Gasteiger partial charge in [-0.25, -0.2) is 9.07 Å². The molecule has 1 saturated carbocycles. The van der Waals surface area contributed by atoms with Crippen molar-refractivity contribution < 1.29 is 9.18 Å². The Bertz CT molecular complexity index is 1160. The van der Waals surface area contributed by atoms with E-state index in [1.165, 1.54) is 23.2 Å². The third-order valence-corrected chi connectivity index (χ3v) is 6.61.